The fraction of sp³-hybridized carbons (Fsp3) is 0.684. The van der Waals surface area contributed by atoms with Gasteiger partial charge < -0.3 is 20.1 Å². The molecule has 0 aliphatic carbocycles. The molecule has 0 bridgehead atoms. The van der Waals surface area contributed by atoms with E-state index < -0.39 is 0 Å². The molecule has 0 spiro atoms. The van der Waals surface area contributed by atoms with Gasteiger partial charge in [-0.25, -0.2) is 0 Å². The van der Waals surface area contributed by atoms with Gasteiger partial charge in [0, 0.05) is 62.1 Å². The summed E-state index contributed by atoms with van der Waals surface area (Å²) in [5, 5.41) is 9.63. The lowest BCUT2D eigenvalue weighted by molar-refractivity contribution is -0.121. The van der Waals surface area contributed by atoms with Crippen molar-refractivity contribution in [1.82, 2.24) is 15.5 Å². The zero-order valence-electron chi connectivity index (χ0n) is 15.7. The summed E-state index contributed by atoms with van der Waals surface area (Å²) >= 11 is 1.50. The van der Waals surface area contributed by atoms with E-state index in [0.717, 1.165) is 45.9 Å². The highest BCUT2D eigenvalue weighted by Gasteiger charge is 2.31. The van der Waals surface area contributed by atoms with Crippen LogP contribution in [0.15, 0.2) is 16.8 Å². The highest BCUT2D eigenvalue weighted by Crippen LogP contribution is 2.21. The zero-order valence-corrected chi connectivity index (χ0v) is 16.5. The number of morpholine rings is 1. The van der Waals surface area contributed by atoms with Crippen molar-refractivity contribution in [2.75, 3.05) is 52.6 Å². The van der Waals surface area contributed by atoms with Crippen LogP contribution in [0.2, 0.25) is 0 Å². The number of thiophene rings is 1. The second-order valence-electron chi connectivity index (χ2n) is 7.01. The number of nitrogens with zero attached hydrogens (tertiary/aromatic N) is 1. The summed E-state index contributed by atoms with van der Waals surface area (Å²) in [4.78, 5) is 26.5. The first-order chi connectivity index (χ1) is 13.2. The van der Waals surface area contributed by atoms with Gasteiger partial charge in [-0.3, -0.25) is 14.5 Å². The molecule has 2 N–H and O–H groups in total. The maximum absolute atomic E-state index is 12.2. The van der Waals surface area contributed by atoms with Crippen LogP contribution in [0.25, 0.3) is 0 Å². The van der Waals surface area contributed by atoms with E-state index in [2.05, 4.69) is 15.5 Å². The SMILES string of the molecule is O=C(CCCNC(=O)c1ccsc1)NCC(C1CCOC1)N1CCOCC1. The average Bonchev–Trinajstić information content (AvgIpc) is 3.40. The van der Waals surface area contributed by atoms with Crippen molar-refractivity contribution in [3.05, 3.63) is 22.4 Å². The molecule has 1 aromatic heterocycles. The Labute approximate surface area is 164 Å². The van der Waals surface area contributed by atoms with Crippen LogP contribution in [0.4, 0.5) is 0 Å². The molecular weight excluding hydrogens is 366 g/mol. The molecular formula is C19H29N3O4S. The van der Waals surface area contributed by atoms with E-state index in [1.165, 1.54) is 11.3 Å². The molecule has 2 fully saturated rings. The van der Waals surface area contributed by atoms with Crippen molar-refractivity contribution in [2.45, 2.75) is 25.3 Å². The van der Waals surface area contributed by atoms with Crippen LogP contribution in [0, 0.1) is 5.92 Å². The zero-order chi connectivity index (χ0) is 18.9. The van der Waals surface area contributed by atoms with Gasteiger partial charge in [0.1, 0.15) is 0 Å². The molecule has 2 atom stereocenters. The second kappa shape index (κ2) is 10.8. The molecule has 27 heavy (non-hydrogen) atoms. The summed E-state index contributed by atoms with van der Waals surface area (Å²) in [5.74, 6) is 0.426. The van der Waals surface area contributed by atoms with Gasteiger partial charge in [0.15, 0.2) is 0 Å². The largest absolute Gasteiger partial charge is 0.381 e. The lowest BCUT2D eigenvalue weighted by atomic mass is 9.97. The van der Waals surface area contributed by atoms with Crippen molar-refractivity contribution in [1.29, 1.82) is 0 Å². The Balaban J connectivity index is 1.36. The monoisotopic (exact) mass is 395 g/mol. The quantitative estimate of drug-likeness (QED) is 0.613. The molecule has 2 aliphatic heterocycles. The molecule has 8 heteroatoms. The van der Waals surface area contributed by atoms with Gasteiger partial charge in [0.2, 0.25) is 5.91 Å². The van der Waals surface area contributed by atoms with Crippen LogP contribution in [0.1, 0.15) is 29.6 Å². The van der Waals surface area contributed by atoms with Gasteiger partial charge >= 0.3 is 0 Å². The molecule has 2 unspecified atom stereocenters. The Morgan fingerprint density at radius 3 is 2.78 bits per heavy atom. The van der Waals surface area contributed by atoms with E-state index in [0.29, 0.717) is 43.5 Å². The van der Waals surface area contributed by atoms with E-state index >= 15 is 0 Å². The van der Waals surface area contributed by atoms with Gasteiger partial charge in [0.25, 0.3) is 5.91 Å². The highest BCUT2D eigenvalue weighted by atomic mass is 32.1. The average molecular weight is 396 g/mol. The molecule has 1 aromatic rings. The third kappa shape index (κ3) is 6.27. The first-order valence-electron chi connectivity index (χ1n) is 9.70. The topological polar surface area (TPSA) is 79.9 Å². The maximum atomic E-state index is 12.2. The number of ether oxygens (including phenoxy) is 2. The number of nitrogens with one attached hydrogen (secondary N) is 2. The van der Waals surface area contributed by atoms with Crippen LogP contribution in [-0.2, 0) is 14.3 Å². The summed E-state index contributed by atoms with van der Waals surface area (Å²) in [7, 11) is 0. The van der Waals surface area contributed by atoms with E-state index in [-0.39, 0.29) is 11.8 Å². The maximum Gasteiger partial charge on any atom is 0.252 e. The fourth-order valence-corrected chi connectivity index (χ4v) is 4.25. The summed E-state index contributed by atoms with van der Waals surface area (Å²) in [6, 6.07) is 2.10. The van der Waals surface area contributed by atoms with Crippen LogP contribution >= 0.6 is 11.3 Å². The lowest BCUT2D eigenvalue weighted by Crippen LogP contribution is -2.52. The Hall–Kier alpha value is -1.48. The molecule has 7 nitrogen and oxygen atoms in total. The van der Waals surface area contributed by atoms with Gasteiger partial charge in [-0.1, -0.05) is 0 Å². The summed E-state index contributed by atoms with van der Waals surface area (Å²) < 4.78 is 11.0. The van der Waals surface area contributed by atoms with Crippen molar-refractivity contribution in [3.8, 4) is 0 Å². The van der Waals surface area contributed by atoms with E-state index in [1.54, 1.807) is 6.07 Å². The minimum Gasteiger partial charge on any atom is -0.381 e. The van der Waals surface area contributed by atoms with Crippen LogP contribution in [-0.4, -0.2) is 75.4 Å². The first kappa shape index (κ1) is 20.3. The number of amides is 2. The van der Waals surface area contributed by atoms with E-state index in [9.17, 15) is 9.59 Å². The number of hydrogen-bond donors (Lipinski definition) is 2. The Morgan fingerprint density at radius 2 is 2.07 bits per heavy atom. The molecule has 2 amide bonds. The van der Waals surface area contributed by atoms with Crippen molar-refractivity contribution in [2.24, 2.45) is 5.92 Å². The molecule has 0 radical (unpaired) electrons. The number of hydrogen-bond acceptors (Lipinski definition) is 6. The Kier molecular flexibility index (Phi) is 8.07. The molecule has 2 aliphatic rings. The van der Waals surface area contributed by atoms with Gasteiger partial charge in [-0.2, -0.15) is 11.3 Å². The molecule has 0 aromatic carbocycles. The van der Waals surface area contributed by atoms with Crippen LogP contribution in [0.3, 0.4) is 0 Å². The van der Waals surface area contributed by atoms with Crippen molar-refractivity contribution >= 4 is 23.2 Å². The fourth-order valence-electron chi connectivity index (χ4n) is 3.61. The molecule has 2 saturated heterocycles. The van der Waals surface area contributed by atoms with Gasteiger partial charge in [-0.15, -0.1) is 0 Å². The Bertz CT molecular complexity index is 584. The smallest absolute Gasteiger partial charge is 0.252 e. The summed E-state index contributed by atoms with van der Waals surface area (Å²) in [6.07, 6.45) is 2.10. The van der Waals surface area contributed by atoms with Crippen molar-refractivity contribution in [3.63, 3.8) is 0 Å². The van der Waals surface area contributed by atoms with Crippen LogP contribution < -0.4 is 10.6 Å². The minimum absolute atomic E-state index is 0.0388. The summed E-state index contributed by atoms with van der Waals surface area (Å²) in [6.45, 7) is 6.05. The standard InChI is InChI=1S/C19H29N3O4S/c23-18(2-1-5-20-19(24)16-4-11-27-14-16)21-12-17(15-3-8-26-13-15)22-6-9-25-10-7-22/h4,11,14-15,17H,1-3,5-10,12-13H2,(H,20,24)(H,21,23). The van der Waals surface area contributed by atoms with Crippen LogP contribution in [0.5, 0.6) is 0 Å². The number of carbonyl (C=O) groups excluding carboxylic acids is 2. The third-order valence-corrected chi connectivity index (χ3v) is 5.86. The second-order valence-corrected chi connectivity index (χ2v) is 7.79. The lowest BCUT2D eigenvalue weighted by Gasteiger charge is -2.37. The van der Waals surface area contributed by atoms with Gasteiger partial charge in [-0.05, 0) is 24.3 Å². The third-order valence-electron chi connectivity index (χ3n) is 5.18. The Morgan fingerprint density at radius 1 is 1.22 bits per heavy atom. The van der Waals surface area contributed by atoms with E-state index in [1.807, 2.05) is 10.8 Å². The highest BCUT2D eigenvalue weighted by molar-refractivity contribution is 7.08. The molecule has 150 valence electrons. The molecule has 3 rings (SSSR count). The van der Waals surface area contributed by atoms with Gasteiger partial charge in [0.05, 0.1) is 19.8 Å². The minimum atomic E-state index is -0.0785. The molecule has 3 heterocycles. The predicted molar refractivity (Wildman–Crippen MR) is 104 cm³/mol. The predicted octanol–water partition coefficient (Wildman–Crippen LogP) is 1.11. The van der Waals surface area contributed by atoms with E-state index in [4.69, 9.17) is 9.47 Å². The number of carbonyl (C=O) groups is 2. The number of rotatable bonds is 9. The van der Waals surface area contributed by atoms with Crippen molar-refractivity contribution < 1.29 is 19.1 Å². The molecule has 0 saturated carbocycles. The summed E-state index contributed by atoms with van der Waals surface area (Å²) in [5.41, 5.74) is 0.677. The normalized spacial score (nSPS) is 21.7. The first-order valence-corrected chi connectivity index (χ1v) is 10.6.